The fourth-order valence-electron chi connectivity index (χ4n) is 9.69. The smallest absolute Gasteiger partial charge is 0.293 e. The van der Waals surface area contributed by atoms with Crippen LogP contribution in [0.5, 0.6) is 5.88 Å². The highest BCUT2D eigenvalue weighted by molar-refractivity contribution is 7.90. The van der Waals surface area contributed by atoms with E-state index in [9.17, 15) is 28.6 Å². The fourth-order valence-corrected chi connectivity index (χ4v) is 10.8. The molecule has 356 valence electrons. The highest BCUT2D eigenvalue weighted by Gasteiger charge is 2.37. The molecule has 2 aromatic heterocycles. The minimum absolute atomic E-state index is 0.00408. The molecule has 9 rings (SSSR count). The molecule has 1 amide bonds. The number of rotatable bonds is 12. The van der Waals surface area contributed by atoms with Crippen LogP contribution < -0.4 is 24.6 Å². The van der Waals surface area contributed by atoms with Crippen LogP contribution in [0.1, 0.15) is 68.8 Å². The molecule has 16 nitrogen and oxygen atoms in total. The van der Waals surface area contributed by atoms with Crippen LogP contribution in [0.3, 0.4) is 0 Å². The minimum atomic E-state index is -4.65. The normalized spacial score (nSPS) is 20.3. The Morgan fingerprint density at radius 3 is 2.51 bits per heavy atom. The maximum Gasteiger partial charge on any atom is 0.293 e. The van der Waals surface area contributed by atoms with E-state index in [1.54, 1.807) is 25.3 Å². The molecule has 5 aromatic rings. The van der Waals surface area contributed by atoms with Gasteiger partial charge in [0.25, 0.3) is 21.6 Å². The summed E-state index contributed by atoms with van der Waals surface area (Å²) in [5.74, 6) is -0.461. The number of nitrogens with zero attached hydrogens (tertiary/aromatic N) is 6. The number of aromatic amines is 1. The lowest BCUT2D eigenvalue weighted by Crippen LogP contribution is -2.47. The number of nitro groups is 1. The number of anilines is 4. The molecule has 0 radical (unpaired) electrons. The quantitative estimate of drug-likeness (QED) is 0.0792. The van der Waals surface area contributed by atoms with Crippen molar-refractivity contribution in [3.63, 3.8) is 0 Å². The molecular weight excluding hydrogens is 906 g/mol. The van der Waals surface area contributed by atoms with Crippen molar-refractivity contribution in [1.29, 1.82) is 5.26 Å². The van der Waals surface area contributed by atoms with Crippen LogP contribution in [-0.2, 0) is 14.8 Å². The maximum atomic E-state index is 14.5. The van der Waals surface area contributed by atoms with E-state index in [-0.39, 0.29) is 41.6 Å². The average molecular weight is 963 g/mol. The molecule has 18 heteroatoms. The lowest BCUT2D eigenvalue weighted by atomic mass is 9.72. The first kappa shape index (κ1) is 46.9. The van der Waals surface area contributed by atoms with Crippen LogP contribution in [0.2, 0.25) is 5.02 Å². The SMILES string of the molecule is CC1(C)CCC(CN2CCN(c3ccc(C(=O)NS(=O)(=O)c4ccc(NCC5CCOCC5)c([N+](=O)[O-])c4)c(N4C[C@@](C)(C#N)COc5nc6[nH]ccc6cc54)c3)CC2)=C(c2ccc(Cl)cc2)C1. The predicted molar refractivity (Wildman–Crippen MR) is 263 cm³/mol. The van der Waals surface area contributed by atoms with Gasteiger partial charge < -0.3 is 29.6 Å². The van der Waals surface area contributed by atoms with Crippen molar-refractivity contribution in [1.82, 2.24) is 19.6 Å². The molecule has 68 heavy (non-hydrogen) atoms. The number of aromatic nitrogens is 2. The summed E-state index contributed by atoms with van der Waals surface area (Å²) in [6, 6.07) is 23.1. The molecule has 0 unspecified atom stereocenters. The van der Waals surface area contributed by atoms with Gasteiger partial charge in [0.15, 0.2) is 0 Å². The van der Waals surface area contributed by atoms with Gasteiger partial charge in [0, 0.05) is 87.4 Å². The topological polar surface area (TPSA) is 199 Å². The molecule has 1 atom stereocenters. The third-order valence-electron chi connectivity index (χ3n) is 13.7. The van der Waals surface area contributed by atoms with Crippen molar-refractivity contribution < 1.29 is 27.6 Å². The number of fused-ring (bicyclic) bond motifs is 2. The molecule has 0 spiro atoms. The number of nitriles is 1. The molecule has 0 bridgehead atoms. The summed E-state index contributed by atoms with van der Waals surface area (Å²) in [4.78, 5) is 40.1. The van der Waals surface area contributed by atoms with E-state index in [0.717, 1.165) is 73.9 Å². The van der Waals surface area contributed by atoms with Crippen molar-refractivity contribution >= 4 is 72.6 Å². The summed E-state index contributed by atoms with van der Waals surface area (Å²) in [5.41, 5.74) is 5.15. The summed E-state index contributed by atoms with van der Waals surface area (Å²) in [5, 5.41) is 27.4. The van der Waals surface area contributed by atoms with Crippen LogP contribution in [0, 0.1) is 38.2 Å². The van der Waals surface area contributed by atoms with Gasteiger partial charge in [-0.15, -0.1) is 0 Å². The number of H-pyrrole nitrogens is 1. The first-order valence-electron chi connectivity index (χ1n) is 23.1. The number of hydrogen-bond donors (Lipinski definition) is 3. The number of allylic oxidation sites excluding steroid dienone is 1. The highest BCUT2D eigenvalue weighted by atomic mass is 35.5. The lowest BCUT2D eigenvalue weighted by molar-refractivity contribution is -0.384. The van der Waals surface area contributed by atoms with Crippen molar-refractivity contribution in [2.24, 2.45) is 16.7 Å². The Kier molecular flexibility index (Phi) is 13.2. The number of halogens is 1. The van der Waals surface area contributed by atoms with Gasteiger partial charge in [0.05, 0.1) is 27.1 Å². The monoisotopic (exact) mass is 961 g/mol. The number of ether oxygens (including phenoxy) is 2. The molecule has 3 aromatic carbocycles. The fraction of sp³-hybridized carbons (Fsp3) is 0.420. The first-order valence-corrected chi connectivity index (χ1v) is 25.0. The van der Waals surface area contributed by atoms with Gasteiger partial charge in [0.1, 0.15) is 29.0 Å². The van der Waals surface area contributed by atoms with E-state index >= 15 is 0 Å². The van der Waals surface area contributed by atoms with E-state index in [2.05, 4.69) is 56.9 Å². The Morgan fingerprint density at radius 1 is 1.01 bits per heavy atom. The molecule has 5 heterocycles. The molecule has 1 aliphatic carbocycles. The third kappa shape index (κ3) is 10.1. The summed E-state index contributed by atoms with van der Waals surface area (Å²) < 4.78 is 41.9. The van der Waals surface area contributed by atoms with Crippen molar-refractivity contribution in [2.45, 2.75) is 57.8 Å². The van der Waals surface area contributed by atoms with Crippen LogP contribution in [0.4, 0.5) is 28.4 Å². The minimum Gasteiger partial charge on any atom is -0.474 e. The summed E-state index contributed by atoms with van der Waals surface area (Å²) in [7, 11) is -4.65. The van der Waals surface area contributed by atoms with Gasteiger partial charge in [-0.1, -0.05) is 43.2 Å². The van der Waals surface area contributed by atoms with Gasteiger partial charge in [-0.3, -0.25) is 19.8 Å². The number of amides is 1. The standard InChI is InChI=1S/C50H56ClN9O7S/c1-49(2)16-12-36(41(27-49)34-4-6-37(51)7-5-34)29-57-18-20-58(21-19-57)38-8-10-40(43(25-38)59-31-50(3,30-52)32-67-48-45(59)24-35-13-17-53-46(35)55-48)47(61)56-68(64,65)39-9-11-42(44(26-39)60(62)63)54-28-33-14-22-66-23-15-33/h4-11,13,17,24-26,33,54H,12,14-16,18-23,27-29,31-32H2,1-3H3,(H,53,55)(H,56,61)/t50-/m1/s1. The Morgan fingerprint density at radius 2 is 1.78 bits per heavy atom. The number of piperazine rings is 1. The van der Waals surface area contributed by atoms with Crippen LogP contribution >= 0.6 is 11.6 Å². The highest BCUT2D eigenvalue weighted by Crippen LogP contribution is 2.45. The molecular formula is C50H56ClN9O7S. The zero-order chi connectivity index (χ0) is 47.8. The van der Waals surface area contributed by atoms with E-state index in [0.29, 0.717) is 49.9 Å². The Balaban J connectivity index is 1.02. The third-order valence-corrected chi connectivity index (χ3v) is 15.3. The number of carbonyl (C=O) groups excluding carboxylic acids is 1. The molecule has 3 aliphatic heterocycles. The van der Waals surface area contributed by atoms with Gasteiger partial charge in [-0.2, -0.15) is 10.2 Å². The molecule has 3 N–H and O–H groups in total. The van der Waals surface area contributed by atoms with Crippen LogP contribution in [0.15, 0.2) is 89.5 Å². The number of pyridine rings is 1. The van der Waals surface area contributed by atoms with Crippen molar-refractivity contribution in [2.75, 3.05) is 80.8 Å². The summed E-state index contributed by atoms with van der Waals surface area (Å²) >= 11 is 6.28. The van der Waals surface area contributed by atoms with Crippen LogP contribution in [-0.4, -0.2) is 99.8 Å². The van der Waals surface area contributed by atoms with Crippen molar-refractivity contribution in [3.8, 4) is 11.9 Å². The van der Waals surface area contributed by atoms with Gasteiger partial charge >= 0.3 is 0 Å². The van der Waals surface area contributed by atoms with Crippen molar-refractivity contribution in [3.05, 3.63) is 111 Å². The number of sulfonamides is 1. The Labute approximate surface area is 401 Å². The number of benzene rings is 3. The summed E-state index contributed by atoms with van der Waals surface area (Å²) in [6.45, 7) is 12.0. The van der Waals surface area contributed by atoms with E-state index < -0.39 is 36.9 Å². The number of hydrogen-bond acceptors (Lipinski definition) is 13. The lowest BCUT2D eigenvalue weighted by Gasteiger charge is -2.39. The number of carbonyl (C=O) groups is 1. The summed E-state index contributed by atoms with van der Waals surface area (Å²) in [6.07, 6.45) is 6.51. The number of nitrogens with one attached hydrogen (secondary N) is 3. The largest absolute Gasteiger partial charge is 0.474 e. The molecule has 0 saturated carbocycles. The van der Waals surface area contributed by atoms with Crippen LogP contribution in [0.25, 0.3) is 16.6 Å². The van der Waals surface area contributed by atoms with E-state index in [1.807, 2.05) is 35.2 Å². The second-order valence-corrected chi connectivity index (χ2v) is 21.6. The average Bonchev–Trinajstić information content (AvgIpc) is 3.74. The second-order valence-electron chi connectivity index (χ2n) is 19.5. The van der Waals surface area contributed by atoms with Gasteiger partial charge in [-0.25, -0.2) is 13.1 Å². The van der Waals surface area contributed by atoms with E-state index in [1.165, 1.54) is 28.8 Å². The number of nitro benzene ring substituents is 1. The zero-order valence-corrected chi connectivity index (χ0v) is 40.1. The Hall–Kier alpha value is -6.19. The Bertz CT molecular complexity index is 2920. The van der Waals surface area contributed by atoms with Gasteiger partial charge in [0.2, 0.25) is 5.88 Å². The maximum absolute atomic E-state index is 14.5. The molecule has 2 saturated heterocycles. The second kappa shape index (κ2) is 19.1. The van der Waals surface area contributed by atoms with Gasteiger partial charge in [-0.05, 0) is 116 Å². The molecule has 4 aliphatic rings. The molecule has 2 fully saturated rings. The zero-order valence-electron chi connectivity index (χ0n) is 38.5. The predicted octanol–water partition coefficient (Wildman–Crippen LogP) is 8.93. The first-order chi connectivity index (χ1) is 32.6. The van der Waals surface area contributed by atoms with E-state index in [4.69, 9.17) is 26.1 Å².